The van der Waals surface area contributed by atoms with Gasteiger partial charge in [0.15, 0.2) is 0 Å². The van der Waals surface area contributed by atoms with Crippen LogP contribution in [0, 0.1) is 5.82 Å². The molecule has 1 aromatic rings. The SMILES string of the molecule is COC(=O)c1cc(F)ccc1NC1CC(C)OC(C)C1. The number of halogens is 1. The van der Waals surface area contributed by atoms with Crippen LogP contribution in [0.4, 0.5) is 10.1 Å². The van der Waals surface area contributed by atoms with Gasteiger partial charge < -0.3 is 14.8 Å². The van der Waals surface area contributed by atoms with Crippen molar-refractivity contribution >= 4 is 11.7 Å². The van der Waals surface area contributed by atoms with Gasteiger partial charge in [0.05, 0.1) is 24.9 Å². The van der Waals surface area contributed by atoms with Gasteiger partial charge in [0.25, 0.3) is 0 Å². The molecule has 1 aromatic carbocycles. The van der Waals surface area contributed by atoms with Gasteiger partial charge in [-0.15, -0.1) is 0 Å². The van der Waals surface area contributed by atoms with Crippen molar-refractivity contribution in [1.29, 1.82) is 0 Å². The van der Waals surface area contributed by atoms with Crippen LogP contribution in [0.2, 0.25) is 0 Å². The fraction of sp³-hybridized carbons (Fsp3) is 0.533. The molecule has 0 radical (unpaired) electrons. The fourth-order valence-electron chi connectivity index (χ4n) is 2.66. The number of anilines is 1. The summed E-state index contributed by atoms with van der Waals surface area (Å²) in [6.07, 6.45) is 2.03. The van der Waals surface area contributed by atoms with E-state index in [0.29, 0.717) is 5.69 Å². The molecule has 0 bridgehead atoms. The van der Waals surface area contributed by atoms with Crippen LogP contribution in [-0.2, 0) is 9.47 Å². The maximum Gasteiger partial charge on any atom is 0.340 e. The van der Waals surface area contributed by atoms with Crippen LogP contribution in [0.25, 0.3) is 0 Å². The minimum atomic E-state index is -0.542. The highest BCUT2D eigenvalue weighted by Gasteiger charge is 2.25. The average molecular weight is 281 g/mol. The zero-order chi connectivity index (χ0) is 14.7. The fourth-order valence-corrected chi connectivity index (χ4v) is 2.66. The monoisotopic (exact) mass is 281 g/mol. The number of methoxy groups -OCH3 is 1. The largest absolute Gasteiger partial charge is 0.465 e. The molecule has 110 valence electrons. The molecule has 0 spiro atoms. The summed E-state index contributed by atoms with van der Waals surface area (Å²) in [4.78, 5) is 11.7. The van der Waals surface area contributed by atoms with Crippen LogP contribution in [-0.4, -0.2) is 31.3 Å². The van der Waals surface area contributed by atoms with E-state index in [1.54, 1.807) is 6.07 Å². The number of carbonyl (C=O) groups excluding carboxylic acids is 1. The average Bonchev–Trinajstić information content (AvgIpc) is 2.38. The number of hydrogen-bond acceptors (Lipinski definition) is 4. The Balaban J connectivity index is 2.18. The molecule has 0 aromatic heterocycles. The Morgan fingerprint density at radius 3 is 2.60 bits per heavy atom. The summed E-state index contributed by atoms with van der Waals surface area (Å²) in [5.41, 5.74) is 0.823. The number of nitrogens with one attached hydrogen (secondary N) is 1. The summed E-state index contributed by atoms with van der Waals surface area (Å²) in [6, 6.07) is 4.30. The Hall–Kier alpha value is -1.62. The first-order valence-electron chi connectivity index (χ1n) is 6.79. The summed E-state index contributed by atoms with van der Waals surface area (Å²) in [5.74, 6) is -0.996. The standard InChI is InChI=1S/C15H20FNO3/c1-9-6-12(7-10(2)20-9)17-14-5-4-11(16)8-13(14)15(18)19-3/h4-5,8-10,12,17H,6-7H2,1-3H3. The number of esters is 1. The van der Waals surface area contributed by atoms with E-state index in [9.17, 15) is 9.18 Å². The lowest BCUT2D eigenvalue weighted by Crippen LogP contribution is -2.37. The molecule has 1 saturated heterocycles. The third-order valence-electron chi connectivity index (χ3n) is 3.44. The smallest absolute Gasteiger partial charge is 0.340 e. The van der Waals surface area contributed by atoms with Crippen molar-refractivity contribution in [3.05, 3.63) is 29.6 Å². The van der Waals surface area contributed by atoms with E-state index in [2.05, 4.69) is 5.32 Å². The molecule has 4 nitrogen and oxygen atoms in total. The normalized spacial score (nSPS) is 26.1. The van der Waals surface area contributed by atoms with Crippen molar-refractivity contribution in [1.82, 2.24) is 0 Å². The molecular weight excluding hydrogens is 261 g/mol. The van der Waals surface area contributed by atoms with Gasteiger partial charge in [0.1, 0.15) is 5.82 Å². The summed E-state index contributed by atoms with van der Waals surface area (Å²) in [5, 5.41) is 3.31. The summed E-state index contributed by atoms with van der Waals surface area (Å²) in [7, 11) is 1.29. The van der Waals surface area contributed by atoms with E-state index in [-0.39, 0.29) is 23.8 Å². The van der Waals surface area contributed by atoms with Gasteiger partial charge in [-0.3, -0.25) is 0 Å². The first-order valence-corrected chi connectivity index (χ1v) is 6.79. The van der Waals surface area contributed by atoms with E-state index in [1.807, 2.05) is 13.8 Å². The van der Waals surface area contributed by atoms with Crippen LogP contribution >= 0.6 is 0 Å². The molecule has 0 saturated carbocycles. The molecule has 1 aliphatic rings. The predicted octanol–water partition coefficient (Wildman–Crippen LogP) is 2.98. The number of carbonyl (C=O) groups is 1. The van der Waals surface area contributed by atoms with Crippen LogP contribution in [0.15, 0.2) is 18.2 Å². The van der Waals surface area contributed by atoms with Crippen molar-refractivity contribution < 1.29 is 18.7 Å². The minimum Gasteiger partial charge on any atom is -0.465 e. The molecule has 2 rings (SSSR count). The number of benzene rings is 1. The number of rotatable bonds is 3. The molecular formula is C15H20FNO3. The molecule has 0 amide bonds. The maximum absolute atomic E-state index is 13.3. The molecule has 1 heterocycles. The topological polar surface area (TPSA) is 47.6 Å². The lowest BCUT2D eigenvalue weighted by molar-refractivity contribution is -0.0337. The Bertz CT molecular complexity index is 482. The zero-order valence-corrected chi connectivity index (χ0v) is 12.0. The van der Waals surface area contributed by atoms with E-state index in [1.165, 1.54) is 19.2 Å². The van der Waals surface area contributed by atoms with Crippen molar-refractivity contribution in [3.63, 3.8) is 0 Å². The summed E-state index contributed by atoms with van der Waals surface area (Å²) >= 11 is 0. The second kappa shape index (κ2) is 6.22. The van der Waals surface area contributed by atoms with Crippen molar-refractivity contribution in [2.45, 2.75) is 44.9 Å². The highest BCUT2D eigenvalue weighted by atomic mass is 19.1. The lowest BCUT2D eigenvalue weighted by Gasteiger charge is -2.33. The van der Waals surface area contributed by atoms with E-state index in [4.69, 9.17) is 9.47 Å². The van der Waals surface area contributed by atoms with Crippen molar-refractivity contribution in [3.8, 4) is 0 Å². The van der Waals surface area contributed by atoms with Crippen LogP contribution in [0.1, 0.15) is 37.0 Å². The van der Waals surface area contributed by atoms with Gasteiger partial charge in [-0.1, -0.05) is 0 Å². The molecule has 2 unspecified atom stereocenters. The molecule has 2 atom stereocenters. The molecule has 1 fully saturated rings. The second-order valence-corrected chi connectivity index (χ2v) is 5.25. The van der Waals surface area contributed by atoms with E-state index in [0.717, 1.165) is 12.8 Å². The predicted molar refractivity (Wildman–Crippen MR) is 74.4 cm³/mol. The van der Waals surface area contributed by atoms with Gasteiger partial charge >= 0.3 is 5.97 Å². The molecule has 1 aliphatic heterocycles. The lowest BCUT2D eigenvalue weighted by atomic mass is 9.99. The van der Waals surface area contributed by atoms with Gasteiger partial charge in [0.2, 0.25) is 0 Å². The maximum atomic E-state index is 13.3. The Labute approximate surface area is 118 Å². The van der Waals surface area contributed by atoms with Gasteiger partial charge in [0, 0.05) is 11.7 Å². The number of hydrogen-bond donors (Lipinski definition) is 1. The van der Waals surface area contributed by atoms with E-state index < -0.39 is 11.8 Å². The highest BCUT2D eigenvalue weighted by molar-refractivity contribution is 5.95. The Morgan fingerprint density at radius 1 is 1.35 bits per heavy atom. The summed E-state index contributed by atoms with van der Waals surface area (Å²) < 4.78 is 23.7. The third-order valence-corrected chi connectivity index (χ3v) is 3.44. The second-order valence-electron chi connectivity index (χ2n) is 5.25. The molecule has 5 heteroatoms. The van der Waals surface area contributed by atoms with Crippen LogP contribution in [0.5, 0.6) is 0 Å². The number of ether oxygens (including phenoxy) is 2. The molecule has 1 N–H and O–H groups in total. The zero-order valence-electron chi connectivity index (χ0n) is 12.0. The first kappa shape index (κ1) is 14.8. The van der Waals surface area contributed by atoms with Gasteiger partial charge in [-0.25, -0.2) is 9.18 Å². The van der Waals surface area contributed by atoms with Crippen molar-refractivity contribution in [2.24, 2.45) is 0 Å². The van der Waals surface area contributed by atoms with Crippen molar-refractivity contribution in [2.75, 3.05) is 12.4 Å². The first-order chi connectivity index (χ1) is 9.49. The molecule has 0 aliphatic carbocycles. The highest BCUT2D eigenvalue weighted by Crippen LogP contribution is 2.25. The quantitative estimate of drug-likeness (QED) is 0.865. The van der Waals surface area contributed by atoms with Gasteiger partial charge in [-0.2, -0.15) is 0 Å². The minimum absolute atomic E-state index is 0.165. The van der Waals surface area contributed by atoms with Crippen LogP contribution < -0.4 is 5.32 Å². The summed E-state index contributed by atoms with van der Waals surface area (Å²) in [6.45, 7) is 4.05. The Morgan fingerprint density at radius 2 is 2.00 bits per heavy atom. The molecule has 20 heavy (non-hydrogen) atoms. The van der Waals surface area contributed by atoms with E-state index >= 15 is 0 Å². The Kier molecular flexibility index (Phi) is 4.60. The van der Waals surface area contributed by atoms with Crippen LogP contribution in [0.3, 0.4) is 0 Å². The third kappa shape index (κ3) is 3.48. The van der Waals surface area contributed by atoms with Gasteiger partial charge in [-0.05, 0) is 44.9 Å².